The molecule has 4 nitrogen and oxygen atoms in total. The first-order valence-electron chi connectivity index (χ1n) is 5.43. The molecule has 0 unspecified atom stereocenters. The quantitative estimate of drug-likeness (QED) is 0.817. The SMILES string of the molecule is FC(F)(F)COc1ccc(-n2ccnc2C(F)(F)F)cn1. The third-order valence-electron chi connectivity index (χ3n) is 2.28. The van der Waals surface area contributed by atoms with Gasteiger partial charge in [0.1, 0.15) is 0 Å². The second-order valence-electron chi connectivity index (χ2n) is 3.88. The zero-order valence-electron chi connectivity index (χ0n) is 10.1. The van der Waals surface area contributed by atoms with Gasteiger partial charge in [0, 0.05) is 18.5 Å². The van der Waals surface area contributed by atoms with E-state index in [2.05, 4.69) is 14.7 Å². The summed E-state index contributed by atoms with van der Waals surface area (Å²) in [5, 5.41) is 0. The molecular formula is C11H7F6N3O. The lowest BCUT2D eigenvalue weighted by Crippen LogP contribution is -2.19. The highest BCUT2D eigenvalue weighted by atomic mass is 19.4. The second kappa shape index (κ2) is 5.26. The van der Waals surface area contributed by atoms with Crippen LogP contribution in [0.25, 0.3) is 5.69 Å². The monoisotopic (exact) mass is 311 g/mol. The van der Waals surface area contributed by atoms with E-state index in [1.54, 1.807) is 0 Å². The molecule has 10 heteroatoms. The molecule has 0 spiro atoms. The maximum atomic E-state index is 12.6. The molecule has 114 valence electrons. The average molecular weight is 311 g/mol. The second-order valence-corrected chi connectivity index (χ2v) is 3.88. The number of nitrogens with zero attached hydrogens (tertiary/aromatic N) is 3. The number of rotatable bonds is 3. The largest absolute Gasteiger partial charge is 0.468 e. The molecule has 0 bridgehead atoms. The Morgan fingerprint density at radius 2 is 1.76 bits per heavy atom. The first kappa shape index (κ1) is 15.1. The molecule has 0 fully saturated rings. The molecule has 0 aliphatic carbocycles. The average Bonchev–Trinajstić information content (AvgIpc) is 2.85. The molecule has 21 heavy (non-hydrogen) atoms. The van der Waals surface area contributed by atoms with Gasteiger partial charge in [-0.3, -0.25) is 4.57 Å². The summed E-state index contributed by atoms with van der Waals surface area (Å²) >= 11 is 0. The third-order valence-corrected chi connectivity index (χ3v) is 2.28. The van der Waals surface area contributed by atoms with Crippen LogP contribution in [0.1, 0.15) is 5.82 Å². The molecule has 0 aliphatic heterocycles. The van der Waals surface area contributed by atoms with Crippen LogP contribution in [-0.2, 0) is 6.18 Å². The van der Waals surface area contributed by atoms with Crippen molar-refractivity contribution in [3.8, 4) is 11.6 Å². The van der Waals surface area contributed by atoms with Gasteiger partial charge in [-0.25, -0.2) is 9.97 Å². The molecule has 2 aromatic heterocycles. The van der Waals surface area contributed by atoms with Gasteiger partial charge in [0.05, 0.1) is 11.9 Å². The van der Waals surface area contributed by atoms with Crippen molar-refractivity contribution >= 4 is 0 Å². The van der Waals surface area contributed by atoms with E-state index in [0.717, 1.165) is 35.3 Å². The lowest BCUT2D eigenvalue weighted by molar-refractivity contribution is -0.154. The maximum absolute atomic E-state index is 12.6. The van der Waals surface area contributed by atoms with Crippen molar-refractivity contribution in [1.29, 1.82) is 0 Å². The Kier molecular flexibility index (Phi) is 3.79. The van der Waals surface area contributed by atoms with Crippen molar-refractivity contribution in [3.05, 3.63) is 36.5 Å². The Hall–Kier alpha value is -2.26. The Morgan fingerprint density at radius 1 is 1.05 bits per heavy atom. The van der Waals surface area contributed by atoms with Crippen LogP contribution >= 0.6 is 0 Å². The number of imidazole rings is 1. The van der Waals surface area contributed by atoms with Crippen molar-refractivity contribution in [2.24, 2.45) is 0 Å². The fourth-order valence-electron chi connectivity index (χ4n) is 1.48. The fourth-order valence-corrected chi connectivity index (χ4v) is 1.48. The van der Waals surface area contributed by atoms with Crippen molar-refractivity contribution in [2.45, 2.75) is 12.4 Å². The van der Waals surface area contributed by atoms with Crippen LogP contribution in [0.15, 0.2) is 30.7 Å². The molecule has 0 aromatic carbocycles. The minimum absolute atomic E-state index is 0.000756. The molecule has 2 aromatic rings. The van der Waals surface area contributed by atoms with Gasteiger partial charge >= 0.3 is 12.4 Å². The third kappa shape index (κ3) is 3.86. The van der Waals surface area contributed by atoms with Gasteiger partial charge in [0.15, 0.2) is 6.61 Å². The molecule has 0 saturated heterocycles. The van der Waals surface area contributed by atoms with Gasteiger partial charge in [0.2, 0.25) is 11.7 Å². The molecule has 0 radical (unpaired) electrons. The van der Waals surface area contributed by atoms with E-state index < -0.39 is 24.8 Å². The van der Waals surface area contributed by atoms with Crippen LogP contribution in [0, 0.1) is 0 Å². The summed E-state index contributed by atoms with van der Waals surface area (Å²) in [5.41, 5.74) is -0.000756. The molecular weight excluding hydrogens is 304 g/mol. The van der Waals surface area contributed by atoms with Crippen LogP contribution in [0.5, 0.6) is 5.88 Å². The van der Waals surface area contributed by atoms with Crippen molar-refractivity contribution < 1.29 is 31.1 Å². The summed E-state index contributed by atoms with van der Waals surface area (Å²) in [6.07, 6.45) is -6.20. The Labute approximate surface area is 114 Å². The summed E-state index contributed by atoms with van der Waals surface area (Å²) < 4.78 is 78.8. The van der Waals surface area contributed by atoms with Gasteiger partial charge < -0.3 is 4.74 Å². The van der Waals surface area contributed by atoms with E-state index in [4.69, 9.17) is 0 Å². The number of aromatic nitrogens is 3. The first-order valence-corrected chi connectivity index (χ1v) is 5.43. The first-order chi connectivity index (χ1) is 9.67. The molecule has 0 saturated carbocycles. The molecule has 0 aliphatic rings. The minimum atomic E-state index is -4.66. The van der Waals surface area contributed by atoms with Gasteiger partial charge in [-0.1, -0.05) is 0 Å². The normalized spacial score (nSPS) is 12.5. The highest BCUT2D eigenvalue weighted by Crippen LogP contribution is 2.29. The summed E-state index contributed by atoms with van der Waals surface area (Å²) in [6.45, 7) is -1.53. The van der Waals surface area contributed by atoms with Crippen molar-refractivity contribution in [2.75, 3.05) is 6.61 Å². The molecule has 0 atom stereocenters. The van der Waals surface area contributed by atoms with Gasteiger partial charge in [-0.2, -0.15) is 26.3 Å². The Morgan fingerprint density at radius 3 is 2.29 bits per heavy atom. The topological polar surface area (TPSA) is 39.9 Å². The Balaban J connectivity index is 2.18. The van der Waals surface area contributed by atoms with E-state index in [1.165, 1.54) is 0 Å². The summed E-state index contributed by atoms with van der Waals surface area (Å²) in [5.74, 6) is -1.50. The van der Waals surface area contributed by atoms with Crippen LogP contribution in [0.3, 0.4) is 0 Å². The highest BCUT2D eigenvalue weighted by Gasteiger charge is 2.36. The standard InChI is InChI=1S/C11H7F6N3O/c12-10(13,14)6-21-8-2-1-7(5-19-8)20-4-3-18-9(20)11(15,16)17/h1-5H,6H2. The summed E-state index contributed by atoms with van der Waals surface area (Å²) in [6, 6.07) is 2.19. The van der Waals surface area contributed by atoms with E-state index in [-0.39, 0.29) is 11.6 Å². The van der Waals surface area contributed by atoms with E-state index in [0.29, 0.717) is 0 Å². The number of alkyl halides is 6. The van der Waals surface area contributed by atoms with Gasteiger partial charge in [-0.05, 0) is 6.07 Å². The Bertz CT molecular complexity index is 602. The number of halogens is 6. The number of hydrogen-bond acceptors (Lipinski definition) is 3. The lowest BCUT2D eigenvalue weighted by Gasteiger charge is -2.11. The fraction of sp³-hybridized carbons (Fsp3) is 0.273. The highest BCUT2D eigenvalue weighted by molar-refractivity contribution is 5.33. The predicted octanol–water partition coefficient (Wildman–Crippen LogP) is 3.23. The lowest BCUT2D eigenvalue weighted by atomic mass is 10.4. The molecule has 0 N–H and O–H groups in total. The van der Waals surface area contributed by atoms with Crippen LogP contribution in [-0.4, -0.2) is 27.3 Å². The van der Waals surface area contributed by atoms with Crippen LogP contribution in [0.2, 0.25) is 0 Å². The summed E-state index contributed by atoms with van der Waals surface area (Å²) in [4.78, 5) is 6.71. The van der Waals surface area contributed by atoms with E-state index in [9.17, 15) is 26.3 Å². The summed E-state index contributed by atoms with van der Waals surface area (Å²) in [7, 11) is 0. The maximum Gasteiger partial charge on any atom is 0.450 e. The number of ether oxygens (including phenoxy) is 1. The van der Waals surface area contributed by atoms with E-state index in [1.807, 2.05) is 0 Å². The van der Waals surface area contributed by atoms with E-state index >= 15 is 0 Å². The molecule has 2 heterocycles. The number of pyridine rings is 1. The number of hydrogen-bond donors (Lipinski definition) is 0. The van der Waals surface area contributed by atoms with Gasteiger partial charge in [-0.15, -0.1) is 0 Å². The molecule has 2 rings (SSSR count). The van der Waals surface area contributed by atoms with Crippen molar-refractivity contribution in [1.82, 2.24) is 14.5 Å². The zero-order chi connectivity index (χ0) is 15.7. The smallest absolute Gasteiger partial charge is 0.450 e. The van der Waals surface area contributed by atoms with Crippen LogP contribution in [0.4, 0.5) is 26.3 Å². The zero-order valence-corrected chi connectivity index (χ0v) is 10.1. The van der Waals surface area contributed by atoms with Gasteiger partial charge in [0.25, 0.3) is 0 Å². The van der Waals surface area contributed by atoms with Crippen LogP contribution < -0.4 is 4.74 Å². The molecule has 0 amide bonds. The predicted molar refractivity (Wildman–Crippen MR) is 57.9 cm³/mol. The minimum Gasteiger partial charge on any atom is -0.468 e. The van der Waals surface area contributed by atoms with Crippen molar-refractivity contribution in [3.63, 3.8) is 0 Å².